The molecule has 1 aromatic heterocycles. The molecule has 3 aromatic rings. The molecule has 0 radical (unpaired) electrons. The number of nitrogen functional groups attached to an aromatic ring is 1. The zero-order valence-electron chi connectivity index (χ0n) is 11.6. The number of anilines is 1. The van der Waals surface area contributed by atoms with Gasteiger partial charge in [-0.25, -0.2) is 13.8 Å². The molecule has 4 nitrogen and oxygen atoms in total. The number of rotatable bonds is 4. The molecule has 0 atom stereocenters. The maximum atomic E-state index is 14.0. The van der Waals surface area contributed by atoms with Crippen molar-refractivity contribution in [2.24, 2.45) is 0 Å². The molecule has 0 saturated heterocycles. The molecule has 0 bridgehead atoms. The number of nitrogens with two attached hydrogens (primary N) is 1. The van der Waals surface area contributed by atoms with Crippen LogP contribution in [0, 0.1) is 11.6 Å². The van der Waals surface area contributed by atoms with Crippen LogP contribution in [0.2, 0.25) is 0 Å². The highest BCUT2D eigenvalue weighted by molar-refractivity contribution is 7.16. The molecule has 0 spiro atoms. The monoisotopic (exact) mass is 322 g/mol. The van der Waals surface area contributed by atoms with E-state index in [9.17, 15) is 8.78 Å². The first-order valence-corrected chi connectivity index (χ1v) is 7.24. The Bertz CT molecular complexity index is 836. The topological polar surface area (TPSA) is 57.4 Å². The van der Waals surface area contributed by atoms with Gasteiger partial charge in [-0.15, -0.1) is 11.3 Å². The van der Waals surface area contributed by atoms with E-state index in [0.29, 0.717) is 11.1 Å². The van der Waals surface area contributed by atoms with E-state index in [-0.39, 0.29) is 23.8 Å². The van der Waals surface area contributed by atoms with E-state index >= 15 is 0 Å². The highest BCUT2D eigenvalue weighted by Gasteiger charge is 2.14. The summed E-state index contributed by atoms with van der Waals surface area (Å²) in [6.45, 7) is -0.0612. The molecule has 0 amide bonds. The Morgan fingerprint density at radius 2 is 2.00 bits per heavy atom. The molecule has 114 valence electrons. The highest BCUT2D eigenvalue weighted by atomic mass is 32.1. The van der Waals surface area contributed by atoms with Crippen molar-refractivity contribution in [3.05, 3.63) is 47.0 Å². The number of thiazole rings is 1. The van der Waals surface area contributed by atoms with Crippen molar-refractivity contribution in [1.29, 1.82) is 0 Å². The predicted molar refractivity (Wildman–Crippen MR) is 81.3 cm³/mol. The van der Waals surface area contributed by atoms with E-state index in [4.69, 9.17) is 15.2 Å². The lowest BCUT2D eigenvalue weighted by atomic mass is 10.2. The third-order valence-corrected chi connectivity index (χ3v) is 4.00. The maximum Gasteiger partial charge on any atom is 0.163 e. The van der Waals surface area contributed by atoms with Gasteiger partial charge < -0.3 is 15.2 Å². The zero-order valence-corrected chi connectivity index (χ0v) is 12.4. The van der Waals surface area contributed by atoms with Gasteiger partial charge in [-0.05, 0) is 12.1 Å². The van der Waals surface area contributed by atoms with Crippen molar-refractivity contribution in [1.82, 2.24) is 4.98 Å². The molecular weight excluding hydrogens is 310 g/mol. The number of aromatic nitrogens is 1. The quantitative estimate of drug-likeness (QED) is 0.743. The Labute approximate surface area is 129 Å². The second kappa shape index (κ2) is 5.76. The van der Waals surface area contributed by atoms with Gasteiger partial charge in [0.1, 0.15) is 18.2 Å². The zero-order chi connectivity index (χ0) is 15.7. The van der Waals surface area contributed by atoms with Crippen molar-refractivity contribution < 1.29 is 18.3 Å². The summed E-state index contributed by atoms with van der Waals surface area (Å²) in [7, 11) is 1.39. The molecule has 0 fully saturated rings. The maximum absolute atomic E-state index is 14.0. The standard InChI is InChI=1S/C15H12F2N2O2S/c1-20-12-4-10(17)11(18)5-13(12)21-6-8-9(16)2-3-14-15(8)19-7-22-14/h2-5,7H,6,18H2,1H3. The molecule has 0 unspecified atom stereocenters. The lowest BCUT2D eigenvalue weighted by Crippen LogP contribution is -2.02. The molecule has 7 heteroatoms. The van der Waals surface area contributed by atoms with Crippen molar-refractivity contribution in [3.63, 3.8) is 0 Å². The van der Waals surface area contributed by atoms with E-state index < -0.39 is 11.6 Å². The van der Waals surface area contributed by atoms with Gasteiger partial charge in [-0.1, -0.05) is 0 Å². The van der Waals surface area contributed by atoms with Crippen LogP contribution >= 0.6 is 11.3 Å². The number of fused-ring (bicyclic) bond motifs is 1. The molecule has 0 aliphatic rings. The predicted octanol–water partition coefficient (Wildman–Crippen LogP) is 3.74. The van der Waals surface area contributed by atoms with Crippen LogP contribution in [0.3, 0.4) is 0 Å². The fourth-order valence-corrected chi connectivity index (χ4v) is 2.78. The number of methoxy groups -OCH3 is 1. The van der Waals surface area contributed by atoms with Crippen LogP contribution in [0.15, 0.2) is 29.8 Å². The van der Waals surface area contributed by atoms with E-state index in [1.807, 2.05) is 0 Å². The second-order valence-electron chi connectivity index (χ2n) is 4.54. The van der Waals surface area contributed by atoms with Crippen molar-refractivity contribution in [3.8, 4) is 11.5 Å². The average Bonchev–Trinajstić information content (AvgIpc) is 2.98. The molecule has 0 aliphatic carbocycles. The van der Waals surface area contributed by atoms with Gasteiger partial charge in [0.2, 0.25) is 0 Å². The molecule has 0 aliphatic heterocycles. The number of hydrogen-bond donors (Lipinski definition) is 1. The summed E-state index contributed by atoms with van der Waals surface area (Å²) in [6, 6.07) is 5.48. The largest absolute Gasteiger partial charge is 0.493 e. The second-order valence-corrected chi connectivity index (χ2v) is 5.42. The number of benzene rings is 2. The lowest BCUT2D eigenvalue weighted by molar-refractivity contribution is 0.280. The summed E-state index contributed by atoms with van der Waals surface area (Å²) in [5.41, 5.74) is 7.99. The van der Waals surface area contributed by atoms with E-state index in [1.165, 1.54) is 30.6 Å². The van der Waals surface area contributed by atoms with Crippen LogP contribution in [0.1, 0.15) is 5.56 Å². The van der Waals surface area contributed by atoms with Crippen molar-refractivity contribution >= 4 is 27.2 Å². The SMILES string of the molecule is COc1cc(F)c(N)cc1OCc1c(F)ccc2scnc12. The van der Waals surface area contributed by atoms with Crippen molar-refractivity contribution in [2.75, 3.05) is 12.8 Å². The smallest absolute Gasteiger partial charge is 0.163 e. The minimum atomic E-state index is -0.600. The first kappa shape index (κ1) is 14.5. The summed E-state index contributed by atoms with van der Waals surface area (Å²) < 4.78 is 38.9. The third kappa shape index (κ3) is 2.55. The fourth-order valence-electron chi connectivity index (χ4n) is 2.07. The van der Waals surface area contributed by atoms with Crippen LogP contribution in [0.25, 0.3) is 10.2 Å². The molecule has 0 saturated carbocycles. The van der Waals surface area contributed by atoms with Crippen LogP contribution in [0.4, 0.5) is 14.5 Å². The molecule has 2 N–H and O–H groups in total. The lowest BCUT2D eigenvalue weighted by Gasteiger charge is -2.12. The van der Waals surface area contributed by atoms with Crippen LogP contribution in [0.5, 0.6) is 11.5 Å². The molecule has 1 heterocycles. The van der Waals surface area contributed by atoms with Crippen LogP contribution < -0.4 is 15.2 Å². The summed E-state index contributed by atoms with van der Waals surface area (Å²) in [4.78, 5) is 4.15. The minimum Gasteiger partial charge on any atom is -0.493 e. The third-order valence-electron chi connectivity index (χ3n) is 3.21. The van der Waals surface area contributed by atoms with Gasteiger partial charge in [0.05, 0.1) is 34.1 Å². The molecule has 3 rings (SSSR count). The normalized spacial score (nSPS) is 10.9. The summed E-state index contributed by atoms with van der Waals surface area (Å²) in [6.07, 6.45) is 0. The highest BCUT2D eigenvalue weighted by Crippen LogP contribution is 2.33. The average molecular weight is 322 g/mol. The molecular formula is C15H12F2N2O2S. The first-order valence-electron chi connectivity index (χ1n) is 6.36. The van der Waals surface area contributed by atoms with Gasteiger partial charge in [0.15, 0.2) is 11.5 Å². The van der Waals surface area contributed by atoms with Gasteiger partial charge >= 0.3 is 0 Å². The minimum absolute atomic E-state index is 0.0612. The number of hydrogen-bond acceptors (Lipinski definition) is 5. The van der Waals surface area contributed by atoms with E-state index in [1.54, 1.807) is 11.6 Å². The Morgan fingerprint density at radius 1 is 1.18 bits per heavy atom. The van der Waals surface area contributed by atoms with Crippen LogP contribution in [-0.4, -0.2) is 12.1 Å². The molecule has 22 heavy (non-hydrogen) atoms. The van der Waals surface area contributed by atoms with Gasteiger partial charge in [0.25, 0.3) is 0 Å². The fraction of sp³-hybridized carbons (Fsp3) is 0.133. The summed E-state index contributed by atoms with van der Waals surface area (Å²) >= 11 is 1.42. The number of nitrogens with zero attached hydrogens (tertiary/aromatic N) is 1. The van der Waals surface area contributed by atoms with Gasteiger partial charge in [-0.2, -0.15) is 0 Å². The van der Waals surface area contributed by atoms with Crippen molar-refractivity contribution in [2.45, 2.75) is 6.61 Å². The van der Waals surface area contributed by atoms with Gasteiger partial charge in [0, 0.05) is 12.1 Å². The van der Waals surface area contributed by atoms with E-state index in [2.05, 4.69) is 4.98 Å². The molecule has 2 aromatic carbocycles. The first-order chi connectivity index (χ1) is 10.6. The number of halogens is 2. The van der Waals surface area contributed by atoms with E-state index in [0.717, 1.165) is 10.8 Å². The Balaban J connectivity index is 1.93. The number of ether oxygens (including phenoxy) is 2. The summed E-state index contributed by atoms with van der Waals surface area (Å²) in [5, 5.41) is 0. The van der Waals surface area contributed by atoms with Gasteiger partial charge in [-0.3, -0.25) is 0 Å². The Kier molecular flexibility index (Phi) is 3.81. The van der Waals surface area contributed by atoms with Crippen LogP contribution in [-0.2, 0) is 6.61 Å². The Morgan fingerprint density at radius 3 is 2.77 bits per heavy atom. The Hall–Kier alpha value is -2.41. The summed E-state index contributed by atoms with van der Waals surface area (Å²) in [5.74, 6) is -0.574.